The maximum atomic E-state index is 12.4. The molecule has 0 spiro atoms. The lowest BCUT2D eigenvalue weighted by molar-refractivity contribution is 0.0705. The molecule has 1 heterocycles. The summed E-state index contributed by atoms with van der Waals surface area (Å²) in [7, 11) is 1.86. The van der Waals surface area contributed by atoms with Gasteiger partial charge in [-0.25, -0.2) is 0 Å². The van der Waals surface area contributed by atoms with Crippen LogP contribution < -0.4 is 0 Å². The second-order valence-electron chi connectivity index (χ2n) is 4.84. The number of nitrogens with zero attached hydrogens (tertiary/aromatic N) is 1. The van der Waals surface area contributed by atoms with Gasteiger partial charge in [-0.15, -0.1) is 0 Å². The number of benzene rings is 2. The van der Waals surface area contributed by atoms with Crippen LogP contribution in [0.25, 0.3) is 0 Å². The van der Waals surface area contributed by atoms with Crippen LogP contribution in [0, 0.1) is 0 Å². The molecular formula is C16H14ClNO. The lowest BCUT2D eigenvalue weighted by atomic mass is 9.90. The summed E-state index contributed by atoms with van der Waals surface area (Å²) in [5.74, 6) is 0.0850. The van der Waals surface area contributed by atoms with Gasteiger partial charge in [-0.1, -0.05) is 41.9 Å². The van der Waals surface area contributed by atoms with Gasteiger partial charge in [0.05, 0.1) is 6.04 Å². The fourth-order valence-electron chi connectivity index (χ4n) is 2.61. The van der Waals surface area contributed by atoms with E-state index in [0.717, 1.165) is 23.1 Å². The molecule has 0 saturated heterocycles. The third kappa shape index (κ3) is 2.13. The first kappa shape index (κ1) is 12.2. The van der Waals surface area contributed by atoms with E-state index in [4.69, 9.17) is 11.6 Å². The van der Waals surface area contributed by atoms with E-state index < -0.39 is 0 Å². The Kier molecular flexibility index (Phi) is 3.03. The minimum Gasteiger partial charge on any atom is -0.334 e. The molecule has 1 aliphatic rings. The third-order valence-electron chi connectivity index (χ3n) is 3.70. The van der Waals surface area contributed by atoms with Gasteiger partial charge in [-0.3, -0.25) is 4.79 Å². The van der Waals surface area contributed by atoms with Crippen LogP contribution in [0.4, 0.5) is 0 Å². The van der Waals surface area contributed by atoms with Gasteiger partial charge in [-0.05, 0) is 35.7 Å². The highest BCUT2D eigenvalue weighted by Gasteiger charge is 2.30. The topological polar surface area (TPSA) is 20.3 Å². The number of amides is 1. The van der Waals surface area contributed by atoms with Gasteiger partial charge in [0.15, 0.2) is 0 Å². The van der Waals surface area contributed by atoms with E-state index in [-0.39, 0.29) is 11.9 Å². The van der Waals surface area contributed by atoms with Gasteiger partial charge in [0, 0.05) is 17.6 Å². The Morgan fingerprint density at radius 3 is 2.53 bits per heavy atom. The molecule has 3 rings (SSSR count). The first-order valence-electron chi connectivity index (χ1n) is 6.27. The van der Waals surface area contributed by atoms with E-state index in [1.807, 2.05) is 60.5 Å². The van der Waals surface area contributed by atoms with Crippen LogP contribution in [0.5, 0.6) is 0 Å². The molecular weight excluding hydrogens is 258 g/mol. The van der Waals surface area contributed by atoms with Crippen LogP contribution in [0.15, 0.2) is 48.5 Å². The van der Waals surface area contributed by atoms with Crippen molar-refractivity contribution in [2.75, 3.05) is 7.05 Å². The van der Waals surface area contributed by atoms with Gasteiger partial charge >= 0.3 is 0 Å². The van der Waals surface area contributed by atoms with Crippen LogP contribution in [-0.4, -0.2) is 17.9 Å². The van der Waals surface area contributed by atoms with Crippen molar-refractivity contribution in [2.24, 2.45) is 0 Å². The maximum Gasteiger partial charge on any atom is 0.254 e. The van der Waals surface area contributed by atoms with Crippen LogP contribution in [-0.2, 0) is 6.42 Å². The maximum absolute atomic E-state index is 12.4. The summed E-state index contributed by atoms with van der Waals surface area (Å²) in [6.45, 7) is 0. The molecule has 96 valence electrons. The summed E-state index contributed by atoms with van der Waals surface area (Å²) in [5.41, 5.74) is 3.05. The Morgan fingerprint density at radius 1 is 1.11 bits per heavy atom. The average Bonchev–Trinajstić information content (AvgIpc) is 2.44. The zero-order valence-electron chi connectivity index (χ0n) is 10.6. The average molecular weight is 272 g/mol. The molecule has 2 aromatic rings. The molecule has 0 aliphatic carbocycles. The van der Waals surface area contributed by atoms with Crippen LogP contribution in [0.3, 0.4) is 0 Å². The Labute approximate surface area is 117 Å². The number of likely N-dealkylation sites (N-methyl/N-ethyl adjacent to an activating group) is 1. The summed E-state index contributed by atoms with van der Waals surface area (Å²) < 4.78 is 0. The summed E-state index contributed by atoms with van der Waals surface area (Å²) in [5, 5.41) is 0.717. The van der Waals surface area contributed by atoms with Crippen molar-refractivity contribution in [1.29, 1.82) is 0 Å². The predicted octanol–water partition coefficient (Wildman–Crippen LogP) is 3.71. The molecule has 3 heteroatoms. The molecule has 2 nitrogen and oxygen atoms in total. The number of hydrogen-bond acceptors (Lipinski definition) is 1. The van der Waals surface area contributed by atoms with E-state index in [2.05, 4.69) is 0 Å². The van der Waals surface area contributed by atoms with Gasteiger partial charge < -0.3 is 4.90 Å². The van der Waals surface area contributed by atoms with Gasteiger partial charge in [0.1, 0.15) is 0 Å². The molecule has 1 unspecified atom stereocenters. The minimum atomic E-state index is 0.0830. The quantitative estimate of drug-likeness (QED) is 0.774. The molecule has 0 aromatic heterocycles. The normalized spacial score (nSPS) is 18.3. The third-order valence-corrected chi connectivity index (χ3v) is 3.96. The summed E-state index contributed by atoms with van der Waals surface area (Å²) in [6, 6.07) is 15.6. The van der Waals surface area contributed by atoms with E-state index in [1.54, 1.807) is 0 Å². The molecule has 1 aliphatic heterocycles. The molecule has 0 saturated carbocycles. The summed E-state index contributed by atoms with van der Waals surface area (Å²) in [4.78, 5) is 14.2. The van der Waals surface area contributed by atoms with Crippen molar-refractivity contribution in [3.05, 3.63) is 70.2 Å². The number of halogens is 1. The van der Waals surface area contributed by atoms with Gasteiger partial charge in [0.25, 0.3) is 5.91 Å². The predicted molar refractivity (Wildman–Crippen MR) is 76.4 cm³/mol. The highest BCUT2D eigenvalue weighted by Crippen LogP contribution is 2.32. The fraction of sp³-hybridized carbons (Fsp3) is 0.188. The summed E-state index contributed by atoms with van der Waals surface area (Å²) >= 11 is 5.92. The smallest absolute Gasteiger partial charge is 0.254 e. The Balaban J connectivity index is 2.01. The zero-order valence-corrected chi connectivity index (χ0v) is 11.4. The fourth-order valence-corrected chi connectivity index (χ4v) is 2.74. The standard InChI is InChI=1S/C16H14ClNO/c1-18-15(11-6-8-13(17)9-7-11)10-12-4-2-3-5-14(12)16(18)19/h2-9,15H,10H2,1H3. The number of hydrogen-bond donors (Lipinski definition) is 0. The first-order chi connectivity index (χ1) is 9.16. The van der Waals surface area contributed by atoms with Crippen molar-refractivity contribution in [3.8, 4) is 0 Å². The largest absolute Gasteiger partial charge is 0.334 e. The van der Waals surface area contributed by atoms with E-state index in [0.29, 0.717) is 5.02 Å². The van der Waals surface area contributed by atoms with E-state index in [9.17, 15) is 4.79 Å². The van der Waals surface area contributed by atoms with Gasteiger partial charge in [-0.2, -0.15) is 0 Å². The molecule has 1 atom stereocenters. The highest BCUT2D eigenvalue weighted by atomic mass is 35.5. The van der Waals surface area contributed by atoms with Crippen LogP contribution in [0.2, 0.25) is 5.02 Å². The second-order valence-corrected chi connectivity index (χ2v) is 5.28. The Bertz CT molecular complexity index is 621. The summed E-state index contributed by atoms with van der Waals surface area (Å²) in [6.07, 6.45) is 0.847. The number of rotatable bonds is 1. The molecule has 1 amide bonds. The van der Waals surface area contributed by atoms with Crippen molar-refractivity contribution in [2.45, 2.75) is 12.5 Å². The van der Waals surface area contributed by atoms with Crippen molar-refractivity contribution in [1.82, 2.24) is 4.90 Å². The van der Waals surface area contributed by atoms with Crippen LogP contribution >= 0.6 is 11.6 Å². The SMILES string of the molecule is CN1C(=O)c2ccccc2CC1c1ccc(Cl)cc1. The number of carbonyl (C=O) groups excluding carboxylic acids is 1. The second kappa shape index (κ2) is 4.71. The Hall–Kier alpha value is -1.80. The number of carbonyl (C=O) groups is 1. The molecule has 0 fully saturated rings. The highest BCUT2D eigenvalue weighted by molar-refractivity contribution is 6.30. The first-order valence-corrected chi connectivity index (χ1v) is 6.65. The van der Waals surface area contributed by atoms with Crippen molar-refractivity contribution < 1.29 is 4.79 Å². The van der Waals surface area contributed by atoms with Crippen molar-refractivity contribution in [3.63, 3.8) is 0 Å². The van der Waals surface area contributed by atoms with E-state index in [1.165, 1.54) is 0 Å². The van der Waals surface area contributed by atoms with Crippen molar-refractivity contribution >= 4 is 17.5 Å². The molecule has 0 N–H and O–H groups in total. The molecule has 0 bridgehead atoms. The molecule has 2 aromatic carbocycles. The lowest BCUT2D eigenvalue weighted by Crippen LogP contribution is -2.37. The lowest BCUT2D eigenvalue weighted by Gasteiger charge is -2.34. The Morgan fingerprint density at radius 2 is 1.79 bits per heavy atom. The monoisotopic (exact) mass is 271 g/mol. The van der Waals surface area contributed by atoms with Crippen LogP contribution in [0.1, 0.15) is 27.5 Å². The molecule has 19 heavy (non-hydrogen) atoms. The van der Waals surface area contributed by atoms with Gasteiger partial charge in [0.2, 0.25) is 0 Å². The zero-order chi connectivity index (χ0) is 13.4. The molecule has 0 radical (unpaired) electrons. The number of fused-ring (bicyclic) bond motifs is 1. The van der Waals surface area contributed by atoms with E-state index >= 15 is 0 Å². The minimum absolute atomic E-state index is 0.0830.